The van der Waals surface area contributed by atoms with Crippen molar-refractivity contribution in [3.8, 4) is 5.75 Å². The smallest absolute Gasteiger partial charge is 0.280 e. The lowest BCUT2D eigenvalue weighted by atomic mass is 10.2. The number of fused-ring (bicyclic) bond motifs is 1. The molecule has 13 heavy (non-hydrogen) atoms. The third-order valence-corrected chi connectivity index (χ3v) is 1.71. The second-order valence-electron chi connectivity index (χ2n) is 2.67. The van der Waals surface area contributed by atoms with Crippen LogP contribution in [-0.4, -0.2) is 12.1 Å². The number of nitrogens with two attached hydrogens (primary N) is 1. The number of halogens is 1. The molecule has 4 nitrogen and oxygen atoms in total. The van der Waals surface area contributed by atoms with Gasteiger partial charge in [-0.15, -0.1) is 0 Å². The average molecular weight is 182 g/mol. The van der Waals surface area contributed by atoms with Gasteiger partial charge in [0.05, 0.1) is 5.69 Å². The van der Waals surface area contributed by atoms with E-state index in [0.717, 1.165) is 0 Å². The predicted octanol–water partition coefficient (Wildman–Crippen LogP) is 0.441. The summed E-state index contributed by atoms with van der Waals surface area (Å²) in [6.45, 7) is 0. The number of anilines is 1. The molecule has 3 N–H and O–H groups in total. The van der Waals surface area contributed by atoms with E-state index in [1.165, 1.54) is 18.2 Å². The van der Waals surface area contributed by atoms with Crippen molar-refractivity contribution >= 4 is 11.6 Å². The third-order valence-electron chi connectivity index (χ3n) is 1.71. The molecule has 1 heterocycles. The molecule has 0 aromatic heterocycles. The Labute approximate surface area is 73.5 Å². The van der Waals surface area contributed by atoms with Gasteiger partial charge in [-0.05, 0) is 12.1 Å². The first kappa shape index (κ1) is 8.00. The first-order chi connectivity index (χ1) is 6.16. The maximum Gasteiger partial charge on any atom is 0.280 e. The van der Waals surface area contributed by atoms with E-state index in [1.807, 2.05) is 0 Å². The second kappa shape index (κ2) is 2.70. The van der Waals surface area contributed by atoms with Crippen molar-refractivity contribution in [2.75, 3.05) is 5.32 Å². The van der Waals surface area contributed by atoms with Crippen LogP contribution in [-0.2, 0) is 4.79 Å². The molecule has 1 aromatic rings. The number of rotatable bonds is 0. The molecule has 68 valence electrons. The molecule has 0 fully saturated rings. The molecule has 1 aliphatic rings. The Morgan fingerprint density at radius 2 is 2.31 bits per heavy atom. The van der Waals surface area contributed by atoms with Gasteiger partial charge in [0.25, 0.3) is 5.91 Å². The number of ether oxygens (including phenoxy) is 1. The third kappa shape index (κ3) is 1.33. The number of hydrogen-bond acceptors (Lipinski definition) is 3. The lowest BCUT2D eigenvalue weighted by Gasteiger charge is -2.22. The summed E-state index contributed by atoms with van der Waals surface area (Å²) >= 11 is 0. The Balaban J connectivity index is 2.42. The van der Waals surface area contributed by atoms with Crippen LogP contribution in [0, 0.1) is 5.82 Å². The molecule has 0 saturated carbocycles. The standard InChI is InChI=1S/C8H7FN2O2/c9-4-1-2-5-6(3-4)13-7(10)8(12)11-5/h1-3,7H,10H2,(H,11,12). The van der Waals surface area contributed by atoms with Crippen LogP contribution in [0.1, 0.15) is 0 Å². The lowest BCUT2D eigenvalue weighted by Crippen LogP contribution is -2.43. The monoisotopic (exact) mass is 182 g/mol. The van der Waals surface area contributed by atoms with Crippen LogP contribution in [0.4, 0.5) is 10.1 Å². The maximum absolute atomic E-state index is 12.7. The molecule has 0 radical (unpaired) electrons. The van der Waals surface area contributed by atoms with Gasteiger partial charge in [0.15, 0.2) is 0 Å². The Morgan fingerprint density at radius 1 is 1.54 bits per heavy atom. The van der Waals surface area contributed by atoms with Crippen LogP contribution in [0.15, 0.2) is 18.2 Å². The Kier molecular flexibility index (Phi) is 1.66. The highest BCUT2D eigenvalue weighted by Gasteiger charge is 2.23. The molecule has 1 aliphatic heterocycles. The van der Waals surface area contributed by atoms with E-state index in [2.05, 4.69) is 5.32 Å². The number of amides is 1. The van der Waals surface area contributed by atoms with E-state index < -0.39 is 18.0 Å². The van der Waals surface area contributed by atoms with Crippen molar-refractivity contribution in [2.24, 2.45) is 5.73 Å². The zero-order valence-corrected chi connectivity index (χ0v) is 6.58. The van der Waals surface area contributed by atoms with Gasteiger partial charge in [-0.3, -0.25) is 10.5 Å². The van der Waals surface area contributed by atoms with Crippen molar-refractivity contribution in [1.29, 1.82) is 0 Å². The largest absolute Gasteiger partial charge is 0.464 e. The van der Waals surface area contributed by atoms with Gasteiger partial charge in [0.1, 0.15) is 11.6 Å². The molecule has 0 aliphatic carbocycles. The van der Waals surface area contributed by atoms with Gasteiger partial charge in [0.2, 0.25) is 6.23 Å². The summed E-state index contributed by atoms with van der Waals surface area (Å²) in [4.78, 5) is 11.0. The van der Waals surface area contributed by atoms with Crippen LogP contribution >= 0.6 is 0 Å². The fraction of sp³-hybridized carbons (Fsp3) is 0.125. The van der Waals surface area contributed by atoms with Crippen molar-refractivity contribution < 1.29 is 13.9 Å². The summed E-state index contributed by atoms with van der Waals surface area (Å²) < 4.78 is 17.6. The molecule has 0 spiro atoms. The predicted molar refractivity (Wildman–Crippen MR) is 43.6 cm³/mol. The first-order valence-corrected chi connectivity index (χ1v) is 3.69. The van der Waals surface area contributed by atoms with Crippen molar-refractivity contribution in [3.63, 3.8) is 0 Å². The minimum Gasteiger partial charge on any atom is -0.464 e. The number of hydrogen-bond donors (Lipinski definition) is 2. The summed E-state index contributed by atoms with van der Waals surface area (Å²) in [6, 6.07) is 3.84. The lowest BCUT2D eigenvalue weighted by molar-refractivity contribution is -0.123. The van der Waals surface area contributed by atoms with Gasteiger partial charge in [-0.2, -0.15) is 0 Å². The zero-order chi connectivity index (χ0) is 9.42. The second-order valence-corrected chi connectivity index (χ2v) is 2.67. The van der Waals surface area contributed by atoms with E-state index >= 15 is 0 Å². The summed E-state index contributed by atoms with van der Waals surface area (Å²) in [6.07, 6.45) is -1.06. The van der Waals surface area contributed by atoms with Crippen molar-refractivity contribution in [1.82, 2.24) is 0 Å². The van der Waals surface area contributed by atoms with Gasteiger partial charge in [-0.25, -0.2) is 4.39 Å². The SMILES string of the molecule is NC1Oc2cc(F)ccc2NC1=O. The molecule has 1 unspecified atom stereocenters. The van der Waals surface area contributed by atoms with Crippen LogP contribution in [0.3, 0.4) is 0 Å². The van der Waals surface area contributed by atoms with E-state index in [1.54, 1.807) is 0 Å². The van der Waals surface area contributed by atoms with E-state index in [9.17, 15) is 9.18 Å². The quantitative estimate of drug-likeness (QED) is 0.612. The van der Waals surface area contributed by atoms with Gasteiger partial charge < -0.3 is 10.1 Å². The van der Waals surface area contributed by atoms with Gasteiger partial charge in [-0.1, -0.05) is 0 Å². The summed E-state index contributed by atoms with van der Waals surface area (Å²) in [5.41, 5.74) is 5.72. The average Bonchev–Trinajstić information content (AvgIpc) is 2.08. The van der Waals surface area contributed by atoms with Crippen LogP contribution in [0.5, 0.6) is 5.75 Å². The Morgan fingerprint density at radius 3 is 3.08 bits per heavy atom. The molecule has 1 aromatic carbocycles. The van der Waals surface area contributed by atoms with E-state index in [0.29, 0.717) is 5.69 Å². The van der Waals surface area contributed by atoms with E-state index in [-0.39, 0.29) is 5.75 Å². The Bertz CT molecular complexity index is 367. The number of carbonyl (C=O) groups excluding carboxylic acids is 1. The maximum atomic E-state index is 12.7. The van der Waals surface area contributed by atoms with E-state index in [4.69, 9.17) is 10.5 Å². The molecule has 1 amide bonds. The van der Waals surface area contributed by atoms with Crippen LogP contribution in [0.2, 0.25) is 0 Å². The highest BCUT2D eigenvalue weighted by molar-refractivity contribution is 5.97. The molecular weight excluding hydrogens is 175 g/mol. The molecule has 2 rings (SSSR count). The topological polar surface area (TPSA) is 64.3 Å². The molecule has 5 heteroatoms. The number of carbonyl (C=O) groups is 1. The normalized spacial score (nSPS) is 20.2. The summed E-state index contributed by atoms with van der Waals surface area (Å²) in [5, 5.41) is 2.48. The molecular formula is C8H7FN2O2. The van der Waals surface area contributed by atoms with Crippen molar-refractivity contribution in [3.05, 3.63) is 24.0 Å². The molecule has 1 atom stereocenters. The fourth-order valence-electron chi connectivity index (χ4n) is 1.09. The Hall–Kier alpha value is -1.62. The van der Waals surface area contributed by atoms with Crippen molar-refractivity contribution in [2.45, 2.75) is 6.23 Å². The van der Waals surface area contributed by atoms with Gasteiger partial charge >= 0.3 is 0 Å². The number of nitrogens with one attached hydrogen (secondary N) is 1. The summed E-state index contributed by atoms with van der Waals surface area (Å²) in [7, 11) is 0. The molecule has 0 saturated heterocycles. The highest BCUT2D eigenvalue weighted by atomic mass is 19.1. The minimum atomic E-state index is -1.06. The molecule has 0 bridgehead atoms. The highest BCUT2D eigenvalue weighted by Crippen LogP contribution is 2.28. The van der Waals surface area contributed by atoms with Crippen LogP contribution in [0.25, 0.3) is 0 Å². The van der Waals surface area contributed by atoms with Gasteiger partial charge in [0, 0.05) is 6.07 Å². The fourth-order valence-corrected chi connectivity index (χ4v) is 1.09. The zero-order valence-electron chi connectivity index (χ0n) is 6.58. The van der Waals surface area contributed by atoms with Crippen LogP contribution < -0.4 is 15.8 Å². The number of benzene rings is 1. The minimum absolute atomic E-state index is 0.257. The summed E-state index contributed by atoms with van der Waals surface area (Å²) in [5.74, 6) is -0.603. The first-order valence-electron chi connectivity index (χ1n) is 3.69.